The normalized spacial score (nSPS) is 20.9. The smallest absolute Gasteiger partial charge is 0.220 e. The first-order chi connectivity index (χ1) is 15.7. The summed E-state index contributed by atoms with van der Waals surface area (Å²) in [4.78, 5) is 26.9. The summed E-state index contributed by atoms with van der Waals surface area (Å²) in [7, 11) is 0. The molecule has 1 aromatic carbocycles. The number of piperidine rings is 1. The number of aliphatic hydroxyl groups is 1. The molecule has 0 unspecified atom stereocenters. The van der Waals surface area contributed by atoms with E-state index in [0.717, 1.165) is 0 Å². The van der Waals surface area contributed by atoms with E-state index in [2.05, 4.69) is 20.3 Å². The molecule has 2 N–H and O–H groups in total. The minimum absolute atomic E-state index is 0.137. The number of hydrogen-bond donors (Lipinski definition) is 2. The molecule has 4 rings (SSSR count). The van der Waals surface area contributed by atoms with Crippen molar-refractivity contribution in [2.45, 2.75) is 50.9 Å². The molecule has 3 aromatic rings. The van der Waals surface area contributed by atoms with Crippen LogP contribution in [-0.2, 0) is 5.60 Å². The highest BCUT2D eigenvalue weighted by atomic mass is 19.1. The standard InChI is InChI=1S/C25H27FN4O3/c1-16-9-10-25(15-30-16,33-23-20(24(2,3)32)6-4-11-29-23)21(31)19-14-17(26)7-8-18(19)22-27-12-5-13-28-22/h4-8,11-14,16,30,32H,9-10,15H2,1-3H3/t16-,25-/m1/s1. The zero-order valence-electron chi connectivity index (χ0n) is 18.9. The van der Waals surface area contributed by atoms with Crippen molar-refractivity contribution in [2.24, 2.45) is 0 Å². The zero-order chi connectivity index (χ0) is 23.6. The van der Waals surface area contributed by atoms with Gasteiger partial charge in [-0.2, -0.15) is 0 Å². The van der Waals surface area contributed by atoms with Crippen LogP contribution in [-0.4, -0.2) is 44.0 Å². The average molecular weight is 451 g/mol. The van der Waals surface area contributed by atoms with E-state index >= 15 is 0 Å². The van der Waals surface area contributed by atoms with Crippen LogP contribution in [0.3, 0.4) is 0 Å². The van der Waals surface area contributed by atoms with Crippen molar-refractivity contribution in [3.05, 3.63) is 71.9 Å². The number of carbonyl (C=O) groups excluding carboxylic acids is 1. The largest absolute Gasteiger partial charge is 0.461 e. The van der Waals surface area contributed by atoms with Gasteiger partial charge in [0.05, 0.1) is 5.60 Å². The summed E-state index contributed by atoms with van der Waals surface area (Å²) in [6.45, 7) is 5.50. The summed E-state index contributed by atoms with van der Waals surface area (Å²) in [5, 5.41) is 13.9. The number of aromatic nitrogens is 3. The summed E-state index contributed by atoms with van der Waals surface area (Å²) < 4.78 is 20.7. The molecule has 1 saturated heterocycles. The molecule has 2 aromatic heterocycles. The quantitative estimate of drug-likeness (QED) is 0.553. The highest BCUT2D eigenvalue weighted by Gasteiger charge is 2.46. The highest BCUT2D eigenvalue weighted by Crippen LogP contribution is 2.36. The van der Waals surface area contributed by atoms with E-state index in [9.17, 15) is 14.3 Å². The van der Waals surface area contributed by atoms with E-state index in [0.29, 0.717) is 29.8 Å². The van der Waals surface area contributed by atoms with E-state index in [-0.39, 0.29) is 24.0 Å². The van der Waals surface area contributed by atoms with E-state index in [1.165, 1.54) is 18.2 Å². The van der Waals surface area contributed by atoms with Gasteiger partial charge in [0.2, 0.25) is 11.7 Å². The summed E-state index contributed by atoms with van der Waals surface area (Å²) in [6.07, 6.45) is 5.75. The maximum absolute atomic E-state index is 14.3. The van der Waals surface area contributed by atoms with Crippen molar-refractivity contribution < 1.29 is 19.0 Å². The van der Waals surface area contributed by atoms with Crippen LogP contribution in [0, 0.1) is 5.82 Å². The Morgan fingerprint density at radius 3 is 2.58 bits per heavy atom. The fraction of sp³-hybridized carbons (Fsp3) is 0.360. The van der Waals surface area contributed by atoms with E-state index in [1.54, 1.807) is 50.6 Å². The van der Waals surface area contributed by atoms with Crippen LogP contribution in [0.15, 0.2) is 55.0 Å². The molecule has 0 amide bonds. The predicted molar refractivity (Wildman–Crippen MR) is 121 cm³/mol. The molecule has 1 aliphatic heterocycles. The van der Waals surface area contributed by atoms with Crippen LogP contribution in [0.2, 0.25) is 0 Å². The van der Waals surface area contributed by atoms with Gasteiger partial charge in [0, 0.05) is 47.9 Å². The Morgan fingerprint density at radius 2 is 1.91 bits per heavy atom. The summed E-state index contributed by atoms with van der Waals surface area (Å²) in [5.41, 5.74) is -1.56. The van der Waals surface area contributed by atoms with Gasteiger partial charge in [-0.3, -0.25) is 4.79 Å². The lowest BCUT2D eigenvalue weighted by atomic mass is 9.82. The van der Waals surface area contributed by atoms with E-state index in [4.69, 9.17) is 4.74 Å². The second kappa shape index (κ2) is 8.96. The first-order valence-electron chi connectivity index (χ1n) is 10.9. The van der Waals surface area contributed by atoms with Gasteiger partial charge in [-0.15, -0.1) is 0 Å². The van der Waals surface area contributed by atoms with Crippen LogP contribution < -0.4 is 10.1 Å². The number of hydrogen-bond acceptors (Lipinski definition) is 7. The number of pyridine rings is 1. The molecular formula is C25H27FN4O3. The van der Waals surface area contributed by atoms with Crippen molar-refractivity contribution >= 4 is 5.78 Å². The monoisotopic (exact) mass is 450 g/mol. The van der Waals surface area contributed by atoms with Gasteiger partial charge in [-0.05, 0) is 70.0 Å². The number of nitrogens with one attached hydrogen (secondary N) is 1. The van der Waals surface area contributed by atoms with Crippen LogP contribution in [0.25, 0.3) is 11.4 Å². The number of nitrogens with zero attached hydrogens (tertiary/aromatic N) is 3. The van der Waals surface area contributed by atoms with Crippen molar-refractivity contribution in [1.29, 1.82) is 0 Å². The van der Waals surface area contributed by atoms with Gasteiger partial charge >= 0.3 is 0 Å². The minimum Gasteiger partial charge on any atom is -0.461 e. The van der Waals surface area contributed by atoms with Gasteiger partial charge in [0.15, 0.2) is 11.4 Å². The number of carbonyl (C=O) groups is 1. The number of halogens is 1. The van der Waals surface area contributed by atoms with Gasteiger partial charge in [0.1, 0.15) is 5.82 Å². The molecule has 0 aliphatic carbocycles. The Morgan fingerprint density at radius 1 is 1.18 bits per heavy atom. The topological polar surface area (TPSA) is 97.2 Å². The average Bonchev–Trinajstić information content (AvgIpc) is 2.80. The third kappa shape index (κ3) is 4.77. The molecule has 7 nitrogen and oxygen atoms in total. The number of rotatable bonds is 6. The lowest BCUT2D eigenvalue weighted by Crippen LogP contribution is -2.58. The molecule has 1 fully saturated rings. The minimum atomic E-state index is -1.35. The molecule has 0 bridgehead atoms. The molecule has 0 radical (unpaired) electrons. The fourth-order valence-corrected chi connectivity index (χ4v) is 4.01. The van der Waals surface area contributed by atoms with Crippen LogP contribution in [0.4, 0.5) is 4.39 Å². The van der Waals surface area contributed by atoms with Crippen molar-refractivity contribution in [1.82, 2.24) is 20.3 Å². The lowest BCUT2D eigenvalue weighted by molar-refractivity contribution is 0.0198. The molecule has 2 atom stereocenters. The third-order valence-corrected chi connectivity index (χ3v) is 5.89. The third-order valence-electron chi connectivity index (χ3n) is 5.89. The SMILES string of the molecule is C[C@@H]1CC[C@](Oc2ncccc2C(C)(C)O)(C(=O)c2cc(F)ccc2-c2ncccn2)CN1. The number of Topliss-reactive ketones (excluding diaryl/α,β-unsaturated/α-hetero) is 1. The maximum atomic E-state index is 14.3. The first kappa shape index (κ1) is 22.9. The Balaban J connectivity index is 1.82. The van der Waals surface area contributed by atoms with Gasteiger partial charge < -0.3 is 15.2 Å². The van der Waals surface area contributed by atoms with E-state index < -0.39 is 22.8 Å². The number of ether oxygens (including phenoxy) is 1. The summed E-state index contributed by atoms with van der Waals surface area (Å²) in [5.74, 6) is -0.441. The molecule has 0 saturated carbocycles. The van der Waals surface area contributed by atoms with Gasteiger partial charge in [-0.1, -0.05) is 0 Å². The Bertz CT molecular complexity index is 1140. The van der Waals surface area contributed by atoms with Crippen LogP contribution >= 0.6 is 0 Å². The van der Waals surface area contributed by atoms with Crippen LogP contribution in [0.5, 0.6) is 5.88 Å². The lowest BCUT2D eigenvalue weighted by Gasteiger charge is -2.39. The molecule has 8 heteroatoms. The summed E-state index contributed by atoms with van der Waals surface area (Å²) in [6, 6.07) is 9.27. The molecule has 172 valence electrons. The molecule has 3 heterocycles. The van der Waals surface area contributed by atoms with Crippen LogP contribution in [0.1, 0.15) is 49.5 Å². The Labute approximate surface area is 192 Å². The van der Waals surface area contributed by atoms with Gasteiger partial charge in [-0.25, -0.2) is 19.3 Å². The fourth-order valence-electron chi connectivity index (χ4n) is 4.01. The maximum Gasteiger partial charge on any atom is 0.220 e. The summed E-state index contributed by atoms with van der Waals surface area (Å²) >= 11 is 0. The second-order valence-corrected chi connectivity index (χ2v) is 8.92. The number of benzene rings is 1. The Kier molecular flexibility index (Phi) is 6.23. The van der Waals surface area contributed by atoms with Gasteiger partial charge in [0.25, 0.3) is 0 Å². The molecule has 0 spiro atoms. The number of ketones is 1. The highest BCUT2D eigenvalue weighted by molar-refractivity contribution is 6.07. The Hall–Kier alpha value is -3.23. The first-order valence-corrected chi connectivity index (χ1v) is 10.9. The zero-order valence-corrected chi connectivity index (χ0v) is 18.9. The van der Waals surface area contributed by atoms with Crippen molar-refractivity contribution in [3.63, 3.8) is 0 Å². The predicted octanol–water partition coefficient (Wildman–Crippen LogP) is 3.68. The second-order valence-electron chi connectivity index (χ2n) is 8.92. The molecule has 1 aliphatic rings. The van der Waals surface area contributed by atoms with Crippen molar-refractivity contribution in [2.75, 3.05) is 6.54 Å². The molecular weight excluding hydrogens is 423 g/mol. The van der Waals surface area contributed by atoms with Crippen molar-refractivity contribution in [3.8, 4) is 17.3 Å². The van der Waals surface area contributed by atoms with E-state index in [1.807, 2.05) is 6.92 Å². The molecule has 33 heavy (non-hydrogen) atoms.